The summed E-state index contributed by atoms with van der Waals surface area (Å²) in [4.78, 5) is 27.3. The number of anilines is 1. The van der Waals surface area contributed by atoms with Gasteiger partial charge in [0.15, 0.2) is 5.82 Å². The number of aryl methyl sites for hydroxylation is 1. The number of aromatic nitrogens is 3. The molecule has 26 heavy (non-hydrogen) atoms. The van der Waals surface area contributed by atoms with E-state index in [-0.39, 0.29) is 5.91 Å². The molecule has 0 unspecified atom stereocenters. The Balaban J connectivity index is 1.60. The summed E-state index contributed by atoms with van der Waals surface area (Å²) < 4.78 is 4.98. The van der Waals surface area contributed by atoms with Gasteiger partial charge in [-0.15, -0.1) is 0 Å². The Labute approximate surface area is 153 Å². The Bertz CT molecular complexity index is 730. The van der Waals surface area contributed by atoms with E-state index < -0.39 is 0 Å². The van der Waals surface area contributed by atoms with Crippen LogP contribution in [0.15, 0.2) is 30.6 Å². The Morgan fingerprint density at radius 2 is 2.15 bits per heavy atom. The van der Waals surface area contributed by atoms with Gasteiger partial charge in [0.2, 0.25) is 5.91 Å². The van der Waals surface area contributed by atoms with Gasteiger partial charge in [-0.05, 0) is 31.9 Å². The maximum atomic E-state index is 12.1. The first-order valence-electron chi connectivity index (χ1n) is 8.95. The van der Waals surface area contributed by atoms with E-state index in [1.165, 1.54) is 0 Å². The summed E-state index contributed by atoms with van der Waals surface area (Å²) in [6.07, 6.45) is 5.77. The number of piperidine rings is 1. The van der Waals surface area contributed by atoms with Gasteiger partial charge >= 0.3 is 0 Å². The maximum absolute atomic E-state index is 12.1. The molecule has 0 aliphatic carbocycles. The third-order valence-corrected chi connectivity index (χ3v) is 4.49. The first-order chi connectivity index (χ1) is 12.7. The molecule has 0 saturated carbocycles. The van der Waals surface area contributed by atoms with Gasteiger partial charge in [0, 0.05) is 56.0 Å². The molecule has 1 aliphatic heterocycles. The quantitative estimate of drug-likeness (QED) is 0.856. The van der Waals surface area contributed by atoms with Crippen molar-refractivity contribution in [2.45, 2.75) is 32.2 Å². The van der Waals surface area contributed by atoms with Crippen molar-refractivity contribution < 1.29 is 9.53 Å². The Hall–Kier alpha value is -2.54. The second kappa shape index (κ2) is 8.71. The average molecular weight is 355 g/mol. The molecular weight excluding hydrogens is 330 g/mol. The van der Waals surface area contributed by atoms with Gasteiger partial charge in [-0.3, -0.25) is 9.78 Å². The first kappa shape index (κ1) is 18.3. The highest BCUT2D eigenvalue weighted by molar-refractivity contribution is 5.76. The fourth-order valence-electron chi connectivity index (χ4n) is 3.10. The lowest BCUT2D eigenvalue weighted by Gasteiger charge is -2.32. The van der Waals surface area contributed by atoms with E-state index >= 15 is 0 Å². The molecule has 0 bridgehead atoms. The van der Waals surface area contributed by atoms with Crippen molar-refractivity contribution in [3.63, 3.8) is 0 Å². The van der Waals surface area contributed by atoms with Crippen molar-refractivity contribution >= 4 is 11.7 Å². The van der Waals surface area contributed by atoms with E-state index in [1.54, 1.807) is 19.5 Å². The van der Waals surface area contributed by atoms with E-state index in [1.807, 2.05) is 30.0 Å². The van der Waals surface area contributed by atoms with Crippen molar-refractivity contribution in [1.82, 2.24) is 19.9 Å². The van der Waals surface area contributed by atoms with Crippen LogP contribution in [-0.4, -0.2) is 58.6 Å². The molecule has 3 heterocycles. The third kappa shape index (κ3) is 4.76. The number of ether oxygens (including phenoxy) is 1. The van der Waals surface area contributed by atoms with Crippen LogP contribution in [0.2, 0.25) is 0 Å². The number of methoxy groups -OCH3 is 1. The predicted octanol–water partition coefficient (Wildman–Crippen LogP) is 2.29. The minimum Gasteiger partial charge on any atom is -0.384 e. The van der Waals surface area contributed by atoms with Crippen molar-refractivity contribution in [1.29, 1.82) is 0 Å². The number of amides is 1. The molecule has 7 heteroatoms. The number of carbonyl (C=O) groups excluding carboxylic acids is 1. The predicted molar refractivity (Wildman–Crippen MR) is 99.7 cm³/mol. The fraction of sp³-hybridized carbons (Fsp3) is 0.474. The molecule has 1 saturated heterocycles. The molecule has 0 aromatic carbocycles. The summed E-state index contributed by atoms with van der Waals surface area (Å²) >= 11 is 0. The highest BCUT2D eigenvalue weighted by Crippen LogP contribution is 2.20. The molecule has 1 fully saturated rings. The van der Waals surface area contributed by atoms with Crippen LogP contribution in [-0.2, 0) is 9.53 Å². The van der Waals surface area contributed by atoms with Crippen LogP contribution in [0.3, 0.4) is 0 Å². The van der Waals surface area contributed by atoms with Gasteiger partial charge in [0.1, 0.15) is 5.82 Å². The maximum Gasteiger partial charge on any atom is 0.224 e. The van der Waals surface area contributed by atoms with Crippen LogP contribution in [0.1, 0.15) is 25.0 Å². The molecule has 1 aliphatic rings. The minimum absolute atomic E-state index is 0.169. The number of pyridine rings is 1. The zero-order valence-electron chi connectivity index (χ0n) is 15.3. The standard InChI is InChI=1S/C19H25N5O2/c1-14-12-17(23-19(21-14)15-4-3-8-20-13-15)22-16-5-9-24(10-6-16)18(25)7-11-26-2/h3-4,8,12-13,16H,5-7,9-11H2,1-2H3,(H,21,22,23). The second-order valence-corrected chi connectivity index (χ2v) is 6.50. The van der Waals surface area contributed by atoms with Crippen LogP contribution in [0, 0.1) is 6.92 Å². The smallest absolute Gasteiger partial charge is 0.224 e. The number of hydrogen-bond donors (Lipinski definition) is 1. The highest BCUT2D eigenvalue weighted by Gasteiger charge is 2.22. The molecule has 138 valence electrons. The lowest BCUT2D eigenvalue weighted by atomic mass is 10.0. The summed E-state index contributed by atoms with van der Waals surface area (Å²) in [5.74, 6) is 1.66. The molecule has 0 spiro atoms. The van der Waals surface area contributed by atoms with Crippen LogP contribution < -0.4 is 5.32 Å². The lowest BCUT2D eigenvalue weighted by molar-refractivity contribution is -0.133. The average Bonchev–Trinajstić information content (AvgIpc) is 2.67. The van der Waals surface area contributed by atoms with Crippen molar-refractivity contribution in [2.24, 2.45) is 0 Å². The number of nitrogens with one attached hydrogen (secondary N) is 1. The molecule has 3 rings (SSSR count). The molecular formula is C19H25N5O2. The number of carbonyl (C=O) groups is 1. The van der Waals surface area contributed by atoms with Crippen LogP contribution in [0.5, 0.6) is 0 Å². The van der Waals surface area contributed by atoms with Crippen LogP contribution in [0.4, 0.5) is 5.82 Å². The van der Waals surface area contributed by atoms with Gasteiger partial charge in [0.05, 0.1) is 13.0 Å². The van der Waals surface area contributed by atoms with Crippen LogP contribution >= 0.6 is 0 Å². The van der Waals surface area contributed by atoms with Crippen molar-refractivity contribution in [3.05, 3.63) is 36.3 Å². The zero-order chi connectivity index (χ0) is 18.4. The van der Waals surface area contributed by atoms with E-state index in [0.29, 0.717) is 24.9 Å². The van der Waals surface area contributed by atoms with Gasteiger partial charge < -0.3 is 15.0 Å². The van der Waals surface area contributed by atoms with Crippen molar-refractivity contribution in [2.75, 3.05) is 32.1 Å². The molecule has 0 radical (unpaired) electrons. The number of likely N-dealkylation sites (tertiary alicyclic amines) is 1. The summed E-state index contributed by atoms with van der Waals surface area (Å²) in [6, 6.07) is 6.09. The summed E-state index contributed by atoms with van der Waals surface area (Å²) in [5.41, 5.74) is 1.81. The SMILES string of the molecule is COCCC(=O)N1CCC(Nc2cc(C)nc(-c3cccnc3)n2)CC1. The Morgan fingerprint density at radius 3 is 2.85 bits per heavy atom. The fourth-order valence-corrected chi connectivity index (χ4v) is 3.10. The van der Waals surface area contributed by atoms with E-state index in [2.05, 4.69) is 20.3 Å². The largest absolute Gasteiger partial charge is 0.384 e. The number of rotatable bonds is 6. The highest BCUT2D eigenvalue weighted by atomic mass is 16.5. The van der Waals surface area contributed by atoms with E-state index in [9.17, 15) is 4.79 Å². The molecule has 1 N–H and O–H groups in total. The third-order valence-electron chi connectivity index (χ3n) is 4.49. The molecule has 1 amide bonds. The number of nitrogens with zero attached hydrogens (tertiary/aromatic N) is 4. The molecule has 0 atom stereocenters. The lowest BCUT2D eigenvalue weighted by Crippen LogP contribution is -2.42. The molecule has 2 aromatic rings. The van der Waals surface area contributed by atoms with Crippen LogP contribution in [0.25, 0.3) is 11.4 Å². The topological polar surface area (TPSA) is 80.2 Å². The van der Waals surface area contributed by atoms with Gasteiger partial charge in [-0.2, -0.15) is 0 Å². The van der Waals surface area contributed by atoms with E-state index in [0.717, 1.165) is 43.0 Å². The monoisotopic (exact) mass is 355 g/mol. The summed E-state index contributed by atoms with van der Waals surface area (Å²) in [6.45, 7) is 3.97. The summed E-state index contributed by atoms with van der Waals surface area (Å²) in [7, 11) is 1.62. The minimum atomic E-state index is 0.169. The zero-order valence-corrected chi connectivity index (χ0v) is 15.3. The van der Waals surface area contributed by atoms with E-state index in [4.69, 9.17) is 4.74 Å². The Kier molecular flexibility index (Phi) is 6.12. The van der Waals surface area contributed by atoms with Gasteiger partial charge in [-0.25, -0.2) is 9.97 Å². The number of hydrogen-bond acceptors (Lipinski definition) is 6. The Morgan fingerprint density at radius 1 is 1.35 bits per heavy atom. The molecule has 2 aromatic heterocycles. The normalized spacial score (nSPS) is 15.1. The second-order valence-electron chi connectivity index (χ2n) is 6.50. The first-order valence-corrected chi connectivity index (χ1v) is 8.95. The van der Waals surface area contributed by atoms with Gasteiger partial charge in [0.25, 0.3) is 0 Å². The molecule has 7 nitrogen and oxygen atoms in total. The van der Waals surface area contributed by atoms with Crippen molar-refractivity contribution in [3.8, 4) is 11.4 Å². The van der Waals surface area contributed by atoms with Gasteiger partial charge in [-0.1, -0.05) is 0 Å². The summed E-state index contributed by atoms with van der Waals surface area (Å²) in [5, 5.41) is 3.50.